The summed E-state index contributed by atoms with van der Waals surface area (Å²) in [6, 6.07) is 14.3. The van der Waals surface area contributed by atoms with E-state index in [0.29, 0.717) is 25.5 Å². The Bertz CT molecular complexity index is 740. The molecule has 24 heavy (non-hydrogen) atoms. The first-order valence-electron chi connectivity index (χ1n) is 7.67. The number of methoxy groups -OCH3 is 1. The second-order valence-corrected chi connectivity index (χ2v) is 7.60. The number of hydrogen-bond acceptors (Lipinski definition) is 4. The van der Waals surface area contributed by atoms with Gasteiger partial charge in [-0.1, -0.05) is 29.8 Å². The Labute approximate surface area is 143 Å². The number of sulfonamides is 1. The average Bonchev–Trinajstić information content (AvgIpc) is 2.57. The van der Waals surface area contributed by atoms with Crippen molar-refractivity contribution in [3.63, 3.8) is 0 Å². The van der Waals surface area contributed by atoms with Gasteiger partial charge in [0.15, 0.2) is 0 Å². The van der Waals surface area contributed by atoms with Crippen LogP contribution in [0.5, 0.6) is 5.75 Å². The fraction of sp³-hybridized carbons (Fsp3) is 0.333. The number of nitrogens with zero attached hydrogens (tertiary/aromatic N) is 1. The quantitative estimate of drug-likeness (QED) is 0.688. The predicted molar refractivity (Wildman–Crippen MR) is 93.6 cm³/mol. The monoisotopic (exact) mass is 349 g/mol. The van der Waals surface area contributed by atoms with Crippen LogP contribution < -0.4 is 4.74 Å². The lowest BCUT2D eigenvalue weighted by atomic mass is 10.1. The molecule has 2 aromatic carbocycles. The van der Waals surface area contributed by atoms with Crippen LogP contribution in [0.2, 0.25) is 0 Å². The Balaban J connectivity index is 2.06. The normalized spacial score (nSPS) is 11.7. The molecule has 0 saturated carbocycles. The second kappa shape index (κ2) is 8.28. The van der Waals surface area contributed by atoms with Gasteiger partial charge in [0.25, 0.3) is 0 Å². The maximum absolute atomic E-state index is 12.6. The Morgan fingerprint density at radius 2 is 1.58 bits per heavy atom. The van der Waals surface area contributed by atoms with Gasteiger partial charge in [-0.05, 0) is 36.8 Å². The molecule has 0 amide bonds. The Morgan fingerprint density at radius 1 is 0.958 bits per heavy atom. The van der Waals surface area contributed by atoms with Gasteiger partial charge in [0.2, 0.25) is 10.0 Å². The van der Waals surface area contributed by atoms with Crippen molar-refractivity contribution < 1.29 is 17.9 Å². The second-order valence-electron chi connectivity index (χ2n) is 5.56. The highest BCUT2D eigenvalue weighted by Crippen LogP contribution is 2.20. The third-order valence-electron chi connectivity index (χ3n) is 3.61. The van der Waals surface area contributed by atoms with Crippen LogP contribution in [-0.2, 0) is 21.3 Å². The van der Waals surface area contributed by atoms with E-state index in [0.717, 1.165) is 11.1 Å². The lowest BCUT2D eigenvalue weighted by Crippen LogP contribution is -2.26. The summed E-state index contributed by atoms with van der Waals surface area (Å²) in [6.07, 6.45) is 0. The SMILES string of the molecule is COCCOc1ccc(S(=O)(=O)N(C)Cc2ccc(C)cc2)cc1. The minimum absolute atomic E-state index is 0.246. The highest BCUT2D eigenvalue weighted by molar-refractivity contribution is 7.89. The average molecular weight is 349 g/mol. The first-order valence-corrected chi connectivity index (χ1v) is 9.11. The van der Waals surface area contributed by atoms with Crippen LogP contribution in [-0.4, -0.2) is 40.1 Å². The van der Waals surface area contributed by atoms with Crippen molar-refractivity contribution in [1.29, 1.82) is 0 Å². The van der Waals surface area contributed by atoms with Gasteiger partial charge in [0.05, 0.1) is 11.5 Å². The molecule has 0 N–H and O–H groups in total. The van der Waals surface area contributed by atoms with Crippen molar-refractivity contribution in [3.8, 4) is 5.75 Å². The number of benzene rings is 2. The van der Waals surface area contributed by atoms with E-state index in [9.17, 15) is 8.42 Å². The zero-order valence-electron chi connectivity index (χ0n) is 14.2. The van der Waals surface area contributed by atoms with Gasteiger partial charge in [-0.3, -0.25) is 0 Å². The van der Waals surface area contributed by atoms with Crippen LogP contribution in [0.15, 0.2) is 53.4 Å². The topological polar surface area (TPSA) is 55.8 Å². The van der Waals surface area contributed by atoms with Crippen LogP contribution in [0.1, 0.15) is 11.1 Å². The molecular weight excluding hydrogens is 326 g/mol. The molecule has 6 heteroatoms. The third-order valence-corrected chi connectivity index (χ3v) is 5.43. The van der Waals surface area contributed by atoms with Gasteiger partial charge in [-0.2, -0.15) is 4.31 Å². The minimum Gasteiger partial charge on any atom is -0.491 e. The maximum Gasteiger partial charge on any atom is 0.243 e. The van der Waals surface area contributed by atoms with Crippen LogP contribution in [0.4, 0.5) is 0 Å². The number of hydrogen-bond donors (Lipinski definition) is 0. The van der Waals surface area contributed by atoms with E-state index in [-0.39, 0.29) is 4.90 Å². The summed E-state index contributed by atoms with van der Waals surface area (Å²) >= 11 is 0. The van der Waals surface area contributed by atoms with Gasteiger partial charge >= 0.3 is 0 Å². The summed E-state index contributed by atoms with van der Waals surface area (Å²) < 4.78 is 37.0. The van der Waals surface area contributed by atoms with Crippen molar-refractivity contribution in [1.82, 2.24) is 4.31 Å². The maximum atomic E-state index is 12.6. The zero-order chi connectivity index (χ0) is 17.6. The summed E-state index contributed by atoms with van der Waals surface area (Å²) in [5.41, 5.74) is 2.10. The summed E-state index contributed by atoms with van der Waals surface area (Å²) in [5.74, 6) is 0.618. The zero-order valence-corrected chi connectivity index (χ0v) is 15.0. The van der Waals surface area contributed by atoms with Crippen molar-refractivity contribution in [2.45, 2.75) is 18.4 Å². The summed E-state index contributed by atoms with van der Waals surface area (Å²) in [6.45, 7) is 3.24. The first kappa shape index (κ1) is 18.4. The molecule has 0 bridgehead atoms. The Hall–Kier alpha value is -1.89. The lowest BCUT2D eigenvalue weighted by molar-refractivity contribution is 0.146. The largest absolute Gasteiger partial charge is 0.491 e. The number of rotatable bonds is 8. The standard InChI is InChI=1S/C18H23NO4S/c1-15-4-6-16(7-5-15)14-19(2)24(20,21)18-10-8-17(9-11-18)23-13-12-22-3/h4-11H,12-14H2,1-3H3. The van der Waals surface area contributed by atoms with Crippen LogP contribution >= 0.6 is 0 Å². The summed E-state index contributed by atoms with van der Waals surface area (Å²) in [4.78, 5) is 0.246. The van der Waals surface area contributed by atoms with Gasteiger partial charge in [0.1, 0.15) is 12.4 Å². The summed E-state index contributed by atoms with van der Waals surface area (Å²) in [7, 11) is -0.354. The van der Waals surface area contributed by atoms with E-state index < -0.39 is 10.0 Å². The molecule has 5 nitrogen and oxygen atoms in total. The molecule has 0 spiro atoms. The number of aryl methyl sites for hydroxylation is 1. The molecule has 0 unspecified atom stereocenters. The molecule has 0 saturated heterocycles. The van der Waals surface area contributed by atoms with Crippen LogP contribution in [0.3, 0.4) is 0 Å². The molecule has 0 heterocycles. The first-order chi connectivity index (χ1) is 11.4. The highest BCUT2D eigenvalue weighted by atomic mass is 32.2. The third kappa shape index (κ3) is 4.80. The smallest absolute Gasteiger partial charge is 0.243 e. The fourth-order valence-electron chi connectivity index (χ4n) is 2.17. The highest BCUT2D eigenvalue weighted by Gasteiger charge is 2.20. The predicted octanol–water partition coefficient (Wildman–Crippen LogP) is 2.84. The molecule has 2 rings (SSSR count). The van der Waals surface area contributed by atoms with Gasteiger partial charge in [-0.15, -0.1) is 0 Å². The Kier molecular flexibility index (Phi) is 6.36. The molecule has 0 aromatic heterocycles. The molecule has 130 valence electrons. The van der Waals surface area contributed by atoms with Crippen LogP contribution in [0.25, 0.3) is 0 Å². The van der Waals surface area contributed by atoms with Gasteiger partial charge < -0.3 is 9.47 Å². The van der Waals surface area contributed by atoms with E-state index in [1.807, 2.05) is 31.2 Å². The fourth-order valence-corrected chi connectivity index (χ4v) is 3.33. The number of ether oxygens (including phenoxy) is 2. The van der Waals surface area contributed by atoms with E-state index in [1.54, 1.807) is 38.4 Å². The minimum atomic E-state index is -3.54. The van der Waals surface area contributed by atoms with E-state index in [1.165, 1.54) is 4.31 Å². The van der Waals surface area contributed by atoms with Crippen molar-refractivity contribution in [3.05, 3.63) is 59.7 Å². The molecule has 0 fully saturated rings. The Morgan fingerprint density at radius 3 is 2.17 bits per heavy atom. The molecule has 0 atom stereocenters. The van der Waals surface area contributed by atoms with E-state index in [4.69, 9.17) is 9.47 Å². The van der Waals surface area contributed by atoms with Crippen molar-refractivity contribution in [2.75, 3.05) is 27.4 Å². The van der Waals surface area contributed by atoms with Crippen LogP contribution in [0, 0.1) is 6.92 Å². The molecule has 0 aliphatic rings. The lowest BCUT2D eigenvalue weighted by Gasteiger charge is -2.17. The molecule has 0 aliphatic heterocycles. The molecule has 0 radical (unpaired) electrons. The van der Waals surface area contributed by atoms with Gasteiger partial charge in [-0.25, -0.2) is 8.42 Å². The van der Waals surface area contributed by atoms with Crippen molar-refractivity contribution in [2.24, 2.45) is 0 Å². The van der Waals surface area contributed by atoms with Crippen molar-refractivity contribution >= 4 is 10.0 Å². The molecular formula is C18H23NO4S. The van der Waals surface area contributed by atoms with E-state index >= 15 is 0 Å². The van der Waals surface area contributed by atoms with E-state index in [2.05, 4.69) is 0 Å². The van der Waals surface area contributed by atoms with Gasteiger partial charge in [0, 0.05) is 20.7 Å². The molecule has 2 aromatic rings. The summed E-state index contributed by atoms with van der Waals surface area (Å²) in [5, 5.41) is 0. The molecule has 0 aliphatic carbocycles.